The standard InChI is InChI=1S/C18H32N4O3.2ClH/c1-13(17(23)20-14-4-2-3-5-14)21-8-10-22(11-9-21)18(24)16-7-6-15(12-19)25-16;;/h13-16H,2-12,19H2,1H3,(H,20,23);2*1H/t13?,15-,16+;;/m1../s1. The van der Waals surface area contributed by atoms with E-state index in [1.165, 1.54) is 12.8 Å². The first-order chi connectivity index (χ1) is 12.1. The Labute approximate surface area is 174 Å². The van der Waals surface area contributed by atoms with Gasteiger partial charge in [0, 0.05) is 38.8 Å². The van der Waals surface area contributed by atoms with E-state index in [1.807, 2.05) is 11.8 Å². The van der Waals surface area contributed by atoms with Crippen molar-refractivity contribution in [2.24, 2.45) is 5.73 Å². The molecule has 0 aromatic carbocycles. The Morgan fingerprint density at radius 2 is 1.70 bits per heavy atom. The van der Waals surface area contributed by atoms with E-state index < -0.39 is 0 Å². The number of carbonyl (C=O) groups is 2. The van der Waals surface area contributed by atoms with Crippen LogP contribution in [0.5, 0.6) is 0 Å². The van der Waals surface area contributed by atoms with Gasteiger partial charge in [-0.15, -0.1) is 24.8 Å². The van der Waals surface area contributed by atoms with E-state index in [0.717, 1.165) is 38.8 Å². The van der Waals surface area contributed by atoms with Crippen LogP contribution in [0.3, 0.4) is 0 Å². The number of carbonyl (C=O) groups excluding carboxylic acids is 2. The number of halogens is 2. The summed E-state index contributed by atoms with van der Waals surface area (Å²) in [5.41, 5.74) is 5.62. The average Bonchev–Trinajstić information content (AvgIpc) is 3.32. The number of nitrogens with one attached hydrogen (secondary N) is 1. The highest BCUT2D eigenvalue weighted by molar-refractivity contribution is 5.85. The molecule has 0 aromatic rings. The second-order valence-electron chi connectivity index (χ2n) is 7.59. The van der Waals surface area contributed by atoms with Gasteiger partial charge in [0.25, 0.3) is 5.91 Å². The van der Waals surface area contributed by atoms with Crippen LogP contribution < -0.4 is 11.1 Å². The Morgan fingerprint density at radius 1 is 1.07 bits per heavy atom. The number of amides is 2. The molecule has 1 aliphatic carbocycles. The summed E-state index contributed by atoms with van der Waals surface area (Å²) < 4.78 is 5.72. The molecule has 27 heavy (non-hydrogen) atoms. The third-order valence-electron chi connectivity index (χ3n) is 5.90. The molecule has 3 rings (SSSR count). The molecule has 3 N–H and O–H groups in total. The number of nitrogens with zero attached hydrogens (tertiary/aromatic N) is 2. The van der Waals surface area contributed by atoms with Crippen molar-refractivity contribution < 1.29 is 14.3 Å². The van der Waals surface area contributed by atoms with E-state index in [9.17, 15) is 9.59 Å². The molecule has 0 spiro atoms. The lowest BCUT2D eigenvalue weighted by Gasteiger charge is -2.38. The zero-order valence-corrected chi connectivity index (χ0v) is 17.7. The molecule has 9 heteroatoms. The lowest BCUT2D eigenvalue weighted by atomic mass is 10.1. The van der Waals surface area contributed by atoms with Crippen molar-refractivity contribution in [3.63, 3.8) is 0 Å². The normalized spacial score (nSPS) is 27.6. The van der Waals surface area contributed by atoms with Gasteiger partial charge in [-0.3, -0.25) is 14.5 Å². The molecule has 158 valence electrons. The van der Waals surface area contributed by atoms with E-state index >= 15 is 0 Å². The summed E-state index contributed by atoms with van der Waals surface area (Å²) >= 11 is 0. The van der Waals surface area contributed by atoms with E-state index in [-0.39, 0.29) is 54.9 Å². The summed E-state index contributed by atoms with van der Waals surface area (Å²) in [5.74, 6) is 0.204. The highest BCUT2D eigenvalue weighted by Crippen LogP contribution is 2.22. The maximum Gasteiger partial charge on any atom is 0.251 e. The van der Waals surface area contributed by atoms with Gasteiger partial charge in [-0.25, -0.2) is 0 Å². The topological polar surface area (TPSA) is 87.9 Å². The number of hydrogen-bond donors (Lipinski definition) is 2. The summed E-state index contributed by atoms with van der Waals surface area (Å²) in [4.78, 5) is 29.0. The molecule has 0 radical (unpaired) electrons. The number of nitrogens with two attached hydrogens (primary N) is 1. The van der Waals surface area contributed by atoms with E-state index in [2.05, 4.69) is 10.2 Å². The molecule has 3 fully saturated rings. The molecule has 0 aromatic heterocycles. The van der Waals surface area contributed by atoms with Gasteiger partial charge in [-0.1, -0.05) is 12.8 Å². The molecule has 2 heterocycles. The SMILES string of the molecule is CC(C(=O)NC1CCCC1)N1CCN(C(=O)[C@@H]2CC[C@H](CN)O2)CC1.Cl.Cl. The minimum atomic E-state index is -0.330. The van der Waals surface area contributed by atoms with Gasteiger partial charge < -0.3 is 20.7 Å². The van der Waals surface area contributed by atoms with Crippen molar-refractivity contribution in [2.75, 3.05) is 32.7 Å². The molecule has 3 aliphatic rings. The van der Waals surface area contributed by atoms with Crippen LogP contribution in [0.4, 0.5) is 0 Å². The molecule has 3 atom stereocenters. The van der Waals surface area contributed by atoms with Crippen LogP contribution in [0.1, 0.15) is 45.4 Å². The first-order valence-corrected chi connectivity index (χ1v) is 9.77. The fourth-order valence-corrected chi connectivity index (χ4v) is 4.15. The number of rotatable bonds is 5. The van der Waals surface area contributed by atoms with E-state index in [4.69, 9.17) is 10.5 Å². The van der Waals surface area contributed by atoms with Crippen LogP contribution >= 0.6 is 24.8 Å². The predicted molar refractivity (Wildman–Crippen MR) is 109 cm³/mol. The van der Waals surface area contributed by atoms with Crippen LogP contribution in [0.2, 0.25) is 0 Å². The van der Waals surface area contributed by atoms with Gasteiger partial charge in [-0.05, 0) is 32.6 Å². The van der Waals surface area contributed by atoms with Crippen LogP contribution in [-0.4, -0.2) is 78.6 Å². The number of piperazine rings is 1. The Kier molecular flexibility index (Phi) is 10.3. The Bertz CT molecular complexity index is 483. The minimum Gasteiger partial charge on any atom is -0.364 e. The molecule has 1 saturated carbocycles. The van der Waals surface area contributed by atoms with Crippen molar-refractivity contribution in [3.05, 3.63) is 0 Å². The summed E-state index contributed by atoms with van der Waals surface area (Å²) in [6, 6.07) is 0.218. The minimum absolute atomic E-state index is 0. The largest absolute Gasteiger partial charge is 0.364 e. The molecular formula is C18H34Cl2N4O3. The first kappa shape index (κ1) is 24.4. The third kappa shape index (κ3) is 6.19. The lowest BCUT2D eigenvalue weighted by Crippen LogP contribution is -2.56. The summed E-state index contributed by atoms with van der Waals surface area (Å²) in [5, 5.41) is 3.17. The van der Waals surface area contributed by atoms with Crippen molar-refractivity contribution in [1.82, 2.24) is 15.1 Å². The molecular weight excluding hydrogens is 391 g/mol. The van der Waals surface area contributed by atoms with Crippen molar-refractivity contribution >= 4 is 36.6 Å². The zero-order chi connectivity index (χ0) is 17.8. The summed E-state index contributed by atoms with van der Waals surface area (Å²) in [6.07, 6.45) is 5.96. The fraction of sp³-hybridized carbons (Fsp3) is 0.889. The third-order valence-corrected chi connectivity index (χ3v) is 5.90. The van der Waals surface area contributed by atoms with Crippen LogP contribution in [0.25, 0.3) is 0 Å². The fourth-order valence-electron chi connectivity index (χ4n) is 4.15. The second-order valence-corrected chi connectivity index (χ2v) is 7.59. The van der Waals surface area contributed by atoms with E-state index in [0.29, 0.717) is 25.7 Å². The van der Waals surface area contributed by atoms with Gasteiger partial charge in [0.1, 0.15) is 6.10 Å². The molecule has 1 unspecified atom stereocenters. The Hall–Kier alpha value is -0.600. The van der Waals surface area contributed by atoms with Gasteiger partial charge in [0.2, 0.25) is 5.91 Å². The number of ether oxygens (including phenoxy) is 1. The highest BCUT2D eigenvalue weighted by Gasteiger charge is 2.35. The maximum atomic E-state index is 12.6. The predicted octanol–water partition coefficient (Wildman–Crippen LogP) is 0.928. The molecule has 0 bridgehead atoms. The van der Waals surface area contributed by atoms with E-state index in [1.54, 1.807) is 0 Å². The maximum absolute atomic E-state index is 12.6. The summed E-state index contributed by atoms with van der Waals surface area (Å²) in [6.45, 7) is 5.23. The van der Waals surface area contributed by atoms with Crippen molar-refractivity contribution in [1.29, 1.82) is 0 Å². The zero-order valence-electron chi connectivity index (χ0n) is 16.1. The van der Waals surface area contributed by atoms with Crippen LogP contribution in [0, 0.1) is 0 Å². The quantitative estimate of drug-likeness (QED) is 0.684. The van der Waals surface area contributed by atoms with Gasteiger partial charge in [0.15, 0.2) is 0 Å². The lowest BCUT2D eigenvalue weighted by molar-refractivity contribution is -0.145. The van der Waals surface area contributed by atoms with Crippen molar-refractivity contribution in [2.45, 2.75) is 69.7 Å². The molecule has 7 nitrogen and oxygen atoms in total. The van der Waals surface area contributed by atoms with Gasteiger partial charge in [-0.2, -0.15) is 0 Å². The van der Waals surface area contributed by atoms with Gasteiger partial charge in [0.05, 0.1) is 12.1 Å². The monoisotopic (exact) mass is 424 g/mol. The average molecular weight is 425 g/mol. The molecule has 2 saturated heterocycles. The highest BCUT2D eigenvalue weighted by atomic mass is 35.5. The smallest absolute Gasteiger partial charge is 0.251 e. The van der Waals surface area contributed by atoms with Gasteiger partial charge >= 0.3 is 0 Å². The van der Waals surface area contributed by atoms with Crippen molar-refractivity contribution in [3.8, 4) is 0 Å². The first-order valence-electron chi connectivity index (χ1n) is 9.77. The Balaban J connectivity index is 0.00000182. The molecule has 2 aliphatic heterocycles. The number of hydrogen-bond acceptors (Lipinski definition) is 5. The van der Waals surface area contributed by atoms with Crippen LogP contribution in [0.15, 0.2) is 0 Å². The molecule has 2 amide bonds. The Morgan fingerprint density at radius 3 is 2.26 bits per heavy atom. The van der Waals surface area contributed by atoms with Crippen LogP contribution in [-0.2, 0) is 14.3 Å². The summed E-state index contributed by atoms with van der Waals surface area (Å²) in [7, 11) is 0. The second kappa shape index (κ2) is 11.4.